The molecule has 2 atom stereocenters. The lowest BCUT2D eigenvalue weighted by Crippen LogP contribution is -2.19. The van der Waals surface area contributed by atoms with Gasteiger partial charge in [-0.3, -0.25) is 4.68 Å². The highest BCUT2D eigenvalue weighted by Gasteiger charge is 2.23. The second-order valence-electron chi connectivity index (χ2n) is 5.56. The summed E-state index contributed by atoms with van der Waals surface area (Å²) in [6.45, 7) is 6.34. The lowest BCUT2D eigenvalue weighted by Gasteiger charge is -2.14. The van der Waals surface area contributed by atoms with Gasteiger partial charge in [-0.15, -0.1) is 11.8 Å². The molecule has 112 valence electrons. The molecule has 0 fully saturated rings. The molecule has 0 saturated heterocycles. The van der Waals surface area contributed by atoms with Crippen LogP contribution in [0.2, 0.25) is 0 Å². The molecule has 0 bridgehead atoms. The van der Waals surface area contributed by atoms with E-state index >= 15 is 0 Å². The van der Waals surface area contributed by atoms with Gasteiger partial charge in [-0.05, 0) is 24.6 Å². The first-order chi connectivity index (χ1) is 10.3. The normalized spacial score (nSPS) is 18.7. The number of rotatable bonds is 6. The van der Waals surface area contributed by atoms with E-state index in [1.807, 2.05) is 18.0 Å². The Morgan fingerprint density at radius 3 is 3.05 bits per heavy atom. The van der Waals surface area contributed by atoms with Crippen LogP contribution in [0.4, 0.5) is 0 Å². The maximum absolute atomic E-state index is 4.57. The van der Waals surface area contributed by atoms with Crippen molar-refractivity contribution in [2.24, 2.45) is 0 Å². The molecule has 0 saturated carbocycles. The van der Waals surface area contributed by atoms with E-state index in [1.165, 1.54) is 21.8 Å². The van der Waals surface area contributed by atoms with Gasteiger partial charge in [-0.1, -0.05) is 32.0 Å². The molecule has 3 nitrogen and oxygen atoms in total. The van der Waals surface area contributed by atoms with E-state index in [9.17, 15) is 0 Å². The largest absolute Gasteiger partial charge is 0.310 e. The zero-order chi connectivity index (χ0) is 14.7. The smallest absolute Gasteiger partial charge is 0.0537 e. The highest BCUT2D eigenvalue weighted by Crippen LogP contribution is 2.40. The molecule has 1 aliphatic rings. The molecular formula is C17H23N3S. The lowest BCUT2D eigenvalue weighted by atomic mass is 10.0. The van der Waals surface area contributed by atoms with Crippen LogP contribution >= 0.6 is 11.8 Å². The van der Waals surface area contributed by atoms with Crippen LogP contribution < -0.4 is 5.32 Å². The predicted octanol–water partition coefficient (Wildman–Crippen LogP) is 3.83. The highest BCUT2D eigenvalue weighted by atomic mass is 32.2. The Labute approximate surface area is 131 Å². The van der Waals surface area contributed by atoms with E-state index in [2.05, 4.69) is 59.4 Å². The lowest BCUT2D eigenvalue weighted by molar-refractivity contribution is 0.529. The summed E-state index contributed by atoms with van der Waals surface area (Å²) < 4.78 is 2.11. The highest BCUT2D eigenvalue weighted by molar-refractivity contribution is 7.99. The molecule has 2 aromatic rings. The van der Waals surface area contributed by atoms with Gasteiger partial charge in [-0.25, -0.2) is 0 Å². The number of fused-ring (bicyclic) bond motifs is 1. The molecule has 21 heavy (non-hydrogen) atoms. The van der Waals surface area contributed by atoms with Crippen LogP contribution in [0.1, 0.15) is 43.4 Å². The Kier molecular flexibility index (Phi) is 4.66. The van der Waals surface area contributed by atoms with E-state index < -0.39 is 0 Å². The third kappa shape index (κ3) is 3.16. The summed E-state index contributed by atoms with van der Waals surface area (Å²) >= 11 is 1.97. The Bertz CT molecular complexity index is 593. The van der Waals surface area contributed by atoms with E-state index in [-0.39, 0.29) is 0 Å². The van der Waals surface area contributed by atoms with Crippen LogP contribution in [0.5, 0.6) is 0 Å². The minimum Gasteiger partial charge on any atom is -0.310 e. The number of hydrogen-bond donors (Lipinski definition) is 1. The topological polar surface area (TPSA) is 29.9 Å². The first-order valence-corrected chi connectivity index (χ1v) is 8.77. The molecule has 0 aliphatic carbocycles. The van der Waals surface area contributed by atoms with Crippen LogP contribution in [0, 0.1) is 0 Å². The number of nitrogens with zero attached hydrogens (tertiary/aromatic N) is 2. The molecule has 2 heterocycles. The summed E-state index contributed by atoms with van der Waals surface area (Å²) in [6.07, 6.45) is 5.33. The monoisotopic (exact) mass is 301 g/mol. The zero-order valence-corrected chi connectivity index (χ0v) is 13.6. The first-order valence-electron chi connectivity index (χ1n) is 7.79. The van der Waals surface area contributed by atoms with Gasteiger partial charge in [-0.2, -0.15) is 5.10 Å². The quantitative estimate of drug-likeness (QED) is 0.879. The number of thioether (sulfide) groups is 1. The molecule has 4 heteroatoms. The second kappa shape index (κ2) is 6.67. The summed E-state index contributed by atoms with van der Waals surface area (Å²) in [5.74, 6) is 1.75. The molecule has 3 rings (SSSR count). The third-order valence-electron chi connectivity index (χ3n) is 4.12. The molecule has 0 amide bonds. The van der Waals surface area contributed by atoms with Crippen molar-refractivity contribution in [2.75, 3.05) is 12.3 Å². The summed E-state index contributed by atoms with van der Waals surface area (Å²) in [5, 5.41) is 8.08. The fourth-order valence-corrected chi connectivity index (χ4v) is 4.25. The van der Waals surface area contributed by atoms with Gasteiger partial charge in [0.05, 0.1) is 6.20 Å². The molecule has 2 unspecified atom stereocenters. The van der Waals surface area contributed by atoms with E-state index in [4.69, 9.17) is 0 Å². The van der Waals surface area contributed by atoms with Gasteiger partial charge in [0.25, 0.3) is 0 Å². The molecular weight excluding hydrogens is 278 g/mol. The average molecular weight is 301 g/mol. The number of benzene rings is 1. The van der Waals surface area contributed by atoms with Crippen molar-refractivity contribution in [3.05, 3.63) is 47.8 Å². The predicted molar refractivity (Wildman–Crippen MR) is 88.8 cm³/mol. The number of hydrogen-bond acceptors (Lipinski definition) is 3. The van der Waals surface area contributed by atoms with Gasteiger partial charge in [0.2, 0.25) is 0 Å². The van der Waals surface area contributed by atoms with Crippen molar-refractivity contribution in [3.8, 4) is 0 Å². The van der Waals surface area contributed by atoms with Gasteiger partial charge >= 0.3 is 0 Å². The van der Waals surface area contributed by atoms with Gasteiger partial charge < -0.3 is 5.32 Å². The average Bonchev–Trinajstić information content (AvgIpc) is 3.13. The molecule has 1 aromatic heterocycles. The maximum Gasteiger partial charge on any atom is 0.0537 e. The summed E-state index contributed by atoms with van der Waals surface area (Å²) in [7, 11) is 0. The Balaban J connectivity index is 1.71. The van der Waals surface area contributed by atoms with Gasteiger partial charge in [0, 0.05) is 40.9 Å². The molecule has 0 spiro atoms. The van der Waals surface area contributed by atoms with Gasteiger partial charge in [0.15, 0.2) is 0 Å². The van der Waals surface area contributed by atoms with Crippen LogP contribution in [0.25, 0.3) is 0 Å². The fraction of sp³-hybridized carbons (Fsp3) is 0.471. The van der Waals surface area contributed by atoms with Crippen LogP contribution in [0.3, 0.4) is 0 Å². The first kappa shape index (κ1) is 14.7. The maximum atomic E-state index is 4.57. The van der Waals surface area contributed by atoms with Crippen molar-refractivity contribution < 1.29 is 0 Å². The second-order valence-corrected chi connectivity index (χ2v) is 6.62. The summed E-state index contributed by atoms with van der Waals surface area (Å²) in [6, 6.07) is 9.19. The summed E-state index contributed by atoms with van der Waals surface area (Å²) in [4.78, 5) is 1.44. The Morgan fingerprint density at radius 2 is 2.24 bits per heavy atom. The van der Waals surface area contributed by atoms with Crippen molar-refractivity contribution in [1.82, 2.24) is 15.1 Å². The third-order valence-corrected chi connectivity index (χ3v) is 5.37. The summed E-state index contributed by atoms with van der Waals surface area (Å²) in [5.41, 5.74) is 2.79. The van der Waals surface area contributed by atoms with Crippen LogP contribution in [-0.2, 0) is 6.54 Å². The van der Waals surface area contributed by atoms with E-state index in [1.54, 1.807) is 0 Å². The van der Waals surface area contributed by atoms with Crippen LogP contribution in [-0.4, -0.2) is 22.1 Å². The number of aromatic nitrogens is 2. The Hall–Kier alpha value is -1.26. The molecule has 0 radical (unpaired) electrons. The van der Waals surface area contributed by atoms with E-state index in [0.717, 1.165) is 19.5 Å². The fourth-order valence-electron chi connectivity index (χ4n) is 3.01. The zero-order valence-electron chi connectivity index (χ0n) is 12.7. The SMILES string of the molecule is CCNC(CC)c1cnn(CC2CSc3ccccc32)c1. The number of nitrogens with one attached hydrogen (secondary N) is 1. The van der Waals surface area contributed by atoms with Crippen molar-refractivity contribution in [2.45, 2.75) is 43.7 Å². The molecule has 1 N–H and O–H groups in total. The molecule has 1 aliphatic heterocycles. The van der Waals surface area contributed by atoms with Crippen molar-refractivity contribution >= 4 is 11.8 Å². The van der Waals surface area contributed by atoms with Gasteiger partial charge in [0.1, 0.15) is 0 Å². The molecule has 1 aromatic carbocycles. The van der Waals surface area contributed by atoms with E-state index in [0.29, 0.717) is 12.0 Å². The van der Waals surface area contributed by atoms with Crippen molar-refractivity contribution in [3.63, 3.8) is 0 Å². The van der Waals surface area contributed by atoms with Crippen molar-refractivity contribution in [1.29, 1.82) is 0 Å². The minimum absolute atomic E-state index is 0.425. The Morgan fingerprint density at radius 1 is 1.38 bits per heavy atom. The standard InChI is InChI=1S/C17H23N3S/c1-3-16(18-4-2)13-9-19-20(10-13)11-14-12-21-17-8-6-5-7-15(14)17/h5-10,14,16,18H,3-4,11-12H2,1-2H3. The van der Waals surface area contributed by atoms with Crippen LogP contribution in [0.15, 0.2) is 41.6 Å². The minimum atomic E-state index is 0.425.